The maximum absolute atomic E-state index is 11.8. The first kappa shape index (κ1) is 16.0. The molecule has 0 saturated carbocycles. The number of nitro groups is 1. The molecule has 112 valence electrons. The second-order valence-corrected chi connectivity index (χ2v) is 3.77. The molecule has 0 aromatic heterocycles. The lowest BCUT2D eigenvalue weighted by Gasteiger charge is -2.10. The minimum Gasteiger partial charge on any atom is -0.496 e. The third kappa shape index (κ3) is 5.74. The number of alkyl halides is 3. The topological polar surface area (TPSA) is 73.6 Å². The van der Waals surface area contributed by atoms with Crippen LogP contribution in [0, 0.1) is 10.1 Å². The summed E-state index contributed by atoms with van der Waals surface area (Å²) in [6, 6.07) is 3.99. The molecule has 0 saturated heterocycles. The number of non-ortho nitro benzene ring substituents is 1. The summed E-state index contributed by atoms with van der Waals surface area (Å²) in [4.78, 5) is 10.1. The van der Waals surface area contributed by atoms with Gasteiger partial charge in [-0.05, 0) is 0 Å². The minimum atomic E-state index is -4.37. The average molecular weight is 294 g/mol. The van der Waals surface area contributed by atoms with E-state index in [1.165, 1.54) is 25.3 Å². The summed E-state index contributed by atoms with van der Waals surface area (Å²) < 4.78 is 44.7. The summed E-state index contributed by atoms with van der Waals surface area (Å²) in [7, 11) is 1.36. The number of hydrogen-bond acceptors (Lipinski definition) is 5. The smallest absolute Gasteiger partial charge is 0.411 e. The molecule has 0 heterocycles. The molecule has 0 aliphatic carbocycles. The Balaban J connectivity index is 2.51. The number of ether oxygens (including phenoxy) is 2. The number of methoxy groups -OCH3 is 1. The lowest BCUT2D eigenvalue weighted by molar-refractivity contribution is -0.384. The number of anilines is 1. The fourth-order valence-electron chi connectivity index (χ4n) is 1.36. The molecule has 0 amide bonds. The Morgan fingerprint density at radius 1 is 1.35 bits per heavy atom. The molecule has 1 aromatic carbocycles. The standard InChI is InChI=1S/C11H13F3N2O4/c1-19-10-5-8(4-9(6-10)16(17)18)15-2-3-20-7-11(12,13)14/h4-6,15H,2-3,7H2,1H3. The first-order valence-corrected chi connectivity index (χ1v) is 5.53. The molecule has 0 aliphatic heterocycles. The predicted molar refractivity (Wildman–Crippen MR) is 65.0 cm³/mol. The zero-order valence-corrected chi connectivity index (χ0v) is 10.6. The van der Waals surface area contributed by atoms with Gasteiger partial charge in [0.1, 0.15) is 12.4 Å². The molecule has 6 nitrogen and oxygen atoms in total. The zero-order valence-electron chi connectivity index (χ0n) is 10.6. The summed E-state index contributed by atoms with van der Waals surface area (Å²) in [5.74, 6) is 0.276. The monoisotopic (exact) mass is 294 g/mol. The fourth-order valence-corrected chi connectivity index (χ4v) is 1.36. The fraction of sp³-hybridized carbons (Fsp3) is 0.455. The average Bonchev–Trinajstić information content (AvgIpc) is 2.36. The van der Waals surface area contributed by atoms with Gasteiger partial charge in [-0.1, -0.05) is 0 Å². The lowest BCUT2D eigenvalue weighted by Crippen LogP contribution is -2.20. The van der Waals surface area contributed by atoms with Crippen LogP contribution in [0.3, 0.4) is 0 Å². The van der Waals surface area contributed by atoms with Gasteiger partial charge in [0.2, 0.25) is 0 Å². The van der Waals surface area contributed by atoms with Crippen LogP contribution in [0.15, 0.2) is 18.2 Å². The van der Waals surface area contributed by atoms with Crippen molar-refractivity contribution in [2.45, 2.75) is 6.18 Å². The van der Waals surface area contributed by atoms with E-state index < -0.39 is 17.7 Å². The Morgan fingerprint density at radius 3 is 2.60 bits per heavy atom. The molecule has 0 fully saturated rings. The second-order valence-electron chi connectivity index (χ2n) is 3.77. The number of nitro benzene ring substituents is 1. The molecule has 1 N–H and O–H groups in total. The molecule has 9 heteroatoms. The highest BCUT2D eigenvalue weighted by Crippen LogP contribution is 2.25. The van der Waals surface area contributed by atoms with Crippen LogP contribution in [0.25, 0.3) is 0 Å². The van der Waals surface area contributed by atoms with Crippen molar-refractivity contribution in [3.8, 4) is 5.75 Å². The SMILES string of the molecule is COc1cc(NCCOCC(F)(F)F)cc([N+](=O)[O-])c1. The molecule has 0 unspecified atom stereocenters. The van der Waals surface area contributed by atoms with E-state index in [4.69, 9.17) is 4.74 Å². The molecule has 1 aromatic rings. The zero-order chi connectivity index (χ0) is 15.2. The van der Waals surface area contributed by atoms with E-state index in [0.717, 1.165) is 0 Å². The minimum absolute atomic E-state index is 0.0837. The van der Waals surface area contributed by atoms with E-state index in [1.807, 2.05) is 0 Å². The van der Waals surface area contributed by atoms with Crippen molar-refractivity contribution in [3.63, 3.8) is 0 Å². The molecule has 1 rings (SSSR count). The Bertz CT molecular complexity index is 465. The second kappa shape index (κ2) is 6.94. The molecular weight excluding hydrogens is 281 g/mol. The third-order valence-electron chi connectivity index (χ3n) is 2.18. The number of rotatable bonds is 7. The first-order chi connectivity index (χ1) is 9.31. The summed E-state index contributed by atoms with van der Waals surface area (Å²) in [6.45, 7) is -1.42. The van der Waals surface area contributed by atoms with E-state index >= 15 is 0 Å². The van der Waals surface area contributed by atoms with Crippen molar-refractivity contribution < 1.29 is 27.6 Å². The number of halogens is 3. The first-order valence-electron chi connectivity index (χ1n) is 5.53. The number of benzene rings is 1. The normalized spacial score (nSPS) is 11.2. The van der Waals surface area contributed by atoms with Gasteiger partial charge in [0, 0.05) is 24.4 Å². The number of nitrogens with zero attached hydrogens (tertiary/aromatic N) is 1. The summed E-state index contributed by atoms with van der Waals surface area (Å²) in [5, 5.41) is 13.4. The van der Waals surface area contributed by atoms with Crippen LogP contribution in [-0.4, -0.2) is 38.0 Å². The molecular formula is C11H13F3N2O4. The van der Waals surface area contributed by atoms with Gasteiger partial charge in [-0.15, -0.1) is 0 Å². The Hall–Kier alpha value is -2.03. The van der Waals surface area contributed by atoms with Gasteiger partial charge in [-0.25, -0.2) is 0 Å². The van der Waals surface area contributed by atoms with Gasteiger partial charge in [0.25, 0.3) is 5.69 Å². The highest BCUT2D eigenvalue weighted by molar-refractivity contribution is 5.56. The van der Waals surface area contributed by atoms with Crippen LogP contribution < -0.4 is 10.1 Å². The Kier molecular flexibility index (Phi) is 5.56. The van der Waals surface area contributed by atoms with Crippen LogP contribution in [0.1, 0.15) is 0 Å². The summed E-state index contributed by atoms with van der Waals surface area (Å²) in [5.41, 5.74) is 0.190. The van der Waals surface area contributed by atoms with E-state index in [0.29, 0.717) is 5.69 Å². The summed E-state index contributed by atoms with van der Waals surface area (Å²) >= 11 is 0. The van der Waals surface area contributed by atoms with Crippen molar-refractivity contribution in [1.29, 1.82) is 0 Å². The highest BCUT2D eigenvalue weighted by atomic mass is 19.4. The van der Waals surface area contributed by atoms with Gasteiger partial charge in [-0.3, -0.25) is 10.1 Å². The van der Waals surface area contributed by atoms with Crippen molar-refractivity contribution in [2.24, 2.45) is 0 Å². The molecule has 0 aliphatic rings. The van der Waals surface area contributed by atoms with Crippen molar-refractivity contribution in [3.05, 3.63) is 28.3 Å². The Morgan fingerprint density at radius 2 is 2.05 bits per heavy atom. The molecule has 0 spiro atoms. The van der Waals surface area contributed by atoms with Crippen molar-refractivity contribution in [2.75, 3.05) is 32.2 Å². The maximum atomic E-state index is 11.8. The van der Waals surface area contributed by atoms with Crippen molar-refractivity contribution in [1.82, 2.24) is 0 Å². The van der Waals surface area contributed by atoms with E-state index in [-0.39, 0.29) is 24.6 Å². The summed E-state index contributed by atoms with van der Waals surface area (Å²) in [6.07, 6.45) is -4.37. The lowest BCUT2D eigenvalue weighted by atomic mass is 10.2. The van der Waals surface area contributed by atoms with Gasteiger partial charge in [0.15, 0.2) is 0 Å². The maximum Gasteiger partial charge on any atom is 0.411 e. The van der Waals surface area contributed by atoms with Crippen molar-refractivity contribution >= 4 is 11.4 Å². The predicted octanol–water partition coefficient (Wildman–Crippen LogP) is 2.59. The third-order valence-corrected chi connectivity index (χ3v) is 2.18. The van der Waals surface area contributed by atoms with Crippen LogP contribution in [0.4, 0.5) is 24.5 Å². The van der Waals surface area contributed by atoms with E-state index in [2.05, 4.69) is 10.1 Å². The van der Waals surface area contributed by atoms with Crippen LogP contribution in [-0.2, 0) is 4.74 Å². The van der Waals surface area contributed by atoms with E-state index in [1.54, 1.807) is 0 Å². The number of hydrogen-bond donors (Lipinski definition) is 1. The van der Waals surface area contributed by atoms with Crippen LogP contribution >= 0.6 is 0 Å². The van der Waals surface area contributed by atoms with Gasteiger partial charge in [0.05, 0.1) is 24.7 Å². The largest absolute Gasteiger partial charge is 0.496 e. The Labute approximate surface area is 112 Å². The molecule has 20 heavy (non-hydrogen) atoms. The molecule has 0 radical (unpaired) electrons. The van der Waals surface area contributed by atoms with Crippen LogP contribution in [0.5, 0.6) is 5.75 Å². The van der Waals surface area contributed by atoms with E-state index in [9.17, 15) is 23.3 Å². The molecule has 0 atom stereocenters. The van der Waals surface area contributed by atoms with Gasteiger partial charge < -0.3 is 14.8 Å². The highest BCUT2D eigenvalue weighted by Gasteiger charge is 2.27. The number of nitrogens with one attached hydrogen (secondary N) is 1. The van der Waals surface area contributed by atoms with Gasteiger partial charge in [-0.2, -0.15) is 13.2 Å². The van der Waals surface area contributed by atoms with Crippen LogP contribution in [0.2, 0.25) is 0 Å². The van der Waals surface area contributed by atoms with Gasteiger partial charge >= 0.3 is 6.18 Å². The quantitative estimate of drug-likeness (QED) is 0.475. The molecule has 0 bridgehead atoms.